The molecule has 1 aromatic rings. The summed E-state index contributed by atoms with van der Waals surface area (Å²) in [6.07, 6.45) is 13.9. The van der Waals surface area contributed by atoms with E-state index in [4.69, 9.17) is 0 Å². The molecule has 6 heteroatoms. The number of carbonyl (C=O) groups is 1. The van der Waals surface area contributed by atoms with Gasteiger partial charge in [-0.2, -0.15) is 4.98 Å². The minimum Gasteiger partial charge on any atom is -0.363 e. The second kappa shape index (κ2) is 9.72. The van der Waals surface area contributed by atoms with Crippen LogP contribution in [0.3, 0.4) is 0 Å². The summed E-state index contributed by atoms with van der Waals surface area (Å²) in [5, 5.41) is 6.63. The van der Waals surface area contributed by atoms with Gasteiger partial charge < -0.3 is 15.5 Å². The third kappa shape index (κ3) is 6.22. The van der Waals surface area contributed by atoms with Crippen molar-refractivity contribution in [3.63, 3.8) is 0 Å². The van der Waals surface area contributed by atoms with Gasteiger partial charge in [0, 0.05) is 39.3 Å². The first-order valence-corrected chi connectivity index (χ1v) is 10.3. The summed E-state index contributed by atoms with van der Waals surface area (Å²) in [5.41, 5.74) is 1.33. The molecule has 0 atom stereocenters. The lowest BCUT2D eigenvalue weighted by Gasteiger charge is -2.29. The van der Waals surface area contributed by atoms with E-state index in [0.29, 0.717) is 24.3 Å². The van der Waals surface area contributed by atoms with Gasteiger partial charge >= 0.3 is 0 Å². The van der Waals surface area contributed by atoms with Crippen molar-refractivity contribution < 1.29 is 4.79 Å². The van der Waals surface area contributed by atoms with Crippen LogP contribution in [0.2, 0.25) is 0 Å². The Bertz CT molecular complexity index is 650. The third-order valence-electron chi connectivity index (χ3n) is 5.64. The zero-order chi connectivity index (χ0) is 19.1. The molecule has 0 saturated heterocycles. The summed E-state index contributed by atoms with van der Waals surface area (Å²) in [5.74, 6) is 2.40. The van der Waals surface area contributed by atoms with Gasteiger partial charge in [0.25, 0.3) is 0 Å². The molecule has 2 N–H and O–H groups in total. The molecular weight excluding hydrogens is 338 g/mol. The molecule has 2 aliphatic rings. The Balaban J connectivity index is 1.37. The monoisotopic (exact) mass is 371 g/mol. The van der Waals surface area contributed by atoms with E-state index in [1.54, 1.807) is 6.20 Å². The van der Waals surface area contributed by atoms with Gasteiger partial charge in [-0.05, 0) is 63.4 Å². The molecule has 27 heavy (non-hydrogen) atoms. The quantitative estimate of drug-likeness (QED) is 0.718. The number of allylic oxidation sites excluding steroid dienone is 1. The number of nitrogens with zero attached hydrogens (tertiary/aromatic N) is 3. The van der Waals surface area contributed by atoms with Gasteiger partial charge in [0.05, 0.1) is 0 Å². The number of carbonyl (C=O) groups excluding carboxylic acids is 1. The van der Waals surface area contributed by atoms with Crippen molar-refractivity contribution in [2.45, 2.75) is 63.8 Å². The van der Waals surface area contributed by atoms with Crippen LogP contribution in [0.25, 0.3) is 0 Å². The van der Waals surface area contributed by atoms with E-state index in [9.17, 15) is 4.79 Å². The molecule has 0 aliphatic heterocycles. The number of rotatable bonds is 7. The van der Waals surface area contributed by atoms with E-state index in [-0.39, 0.29) is 5.91 Å². The number of nitrogens with one attached hydrogen (secondary N) is 2. The van der Waals surface area contributed by atoms with Crippen LogP contribution in [0.1, 0.15) is 57.8 Å². The summed E-state index contributed by atoms with van der Waals surface area (Å²) in [6.45, 7) is 0.811. The predicted molar refractivity (Wildman–Crippen MR) is 110 cm³/mol. The van der Waals surface area contributed by atoms with Gasteiger partial charge in [-0.1, -0.05) is 11.6 Å². The van der Waals surface area contributed by atoms with Crippen molar-refractivity contribution >= 4 is 17.7 Å². The Morgan fingerprint density at radius 2 is 2.04 bits per heavy atom. The minimum absolute atomic E-state index is 0.192. The van der Waals surface area contributed by atoms with Crippen LogP contribution in [0.15, 0.2) is 23.9 Å². The highest BCUT2D eigenvalue weighted by Gasteiger charge is 2.22. The minimum atomic E-state index is 0.192. The van der Waals surface area contributed by atoms with Crippen molar-refractivity contribution in [2.24, 2.45) is 5.92 Å². The lowest BCUT2D eigenvalue weighted by molar-refractivity contribution is -0.120. The first kappa shape index (κ1) is 19.6. The average Bonchev–Trinajstić information content (AvgIpc) is 2.68. The van der Waals surface area contributed by atoms with Gasteiger partial charge in [0.2, 0.25) is 11.9 Å². The molecule has 0 radical (unpaired) electrons. The van der Waals surface area contributed by atoms with Crippen molar-refractivity contribution in [3.8, 4) is 0 Å². The van der Waals surface area contributed by atoms with E-state index in [2.05, 4.69) is 26.7 Å². The highest BCUT2D eigenvalue weighted by molar-refractivity contribution is 5.78. The Labute approximate surface area is 162 Å². The Kier molecular flexibility index (Phi) is 7.07. The van der Waals surface area contributed by atoms with Crippen LogP contribution < -0.4 is 15.5 Å². The summed E-state index contributed by atoms with van der Waals surface area (Å²) >= 11 is 0. The number of hydrogen-bond donors (Lipinski definition) is 2. The molecule has 0 spiro atoms. The molecule has 1 amide bonds. The molecule has 3 rings (SSSR count). The van der Waals surface area contributed by atoms with E-state index in [0.717, 1.165) is 50.9 Å². The lowest BCUT2D eigenvalue weighted by atomic mass is 9.86. The van der Waals surface area contributed by atoms with Crippen LogP contribution >= 0.6 is 0 Å². The molecule has 148 valence electrons. The Hall–Kier alpha value is -2.11. The molecule has 0 aromatic carbocycles. The fourth-order valence-electron chi connectivity index (χ4n) is 3.95. The standard InChI is InChI=1S/C21H33N5O/c1-26(2)19-12-13-22-21(25-19)24-18-10-8-17(9-11-18)15-23-20(27)14-16-6-4-3-5-7-16/h6,12-13,17-18H,3-5,7-11,14-15H2,1-2H3,(H,23,27)(H,22,24,25). The van der Waals surface area contributed by atoms with Crippen molar-refractivity contribution in [2.75, 3.05) is 30.9 Å². The maximum Gasteiger partial charge on any atom is 0.224 e. The van der Waals surface area contributed by atoms with E-state index >= 15 is 0 Å². The number of aromatic nitrogens is 2. The SMILES string of the molecule is CN(C)c1ccnc(NC2CCC(CNC(=O)CC3=CCCCC3)CC2)n1. The van der Waals surface area contributed by atoms with E-state index < -0.39 is 0 Å². The fraction of sp³-hybridized carbons (Fsp3) is 0.667. The van der Waals surface area contributed by atoms with Crippen molar-refractivity contribution in [1.82, 2.24) is 15.3 Å². The highest BCUT2D eigenvalue weighted by Crippen LogP contribution is 2.26. The topological polar surface area (TPSA) is 70.2 Å². The Morgan fingerprint density at radius 3 is 2.74 bits per heavy atom. The third-order valence-corrected chi connectivity index (χ3v) is 5.64. The summed E-state index contributed by atoms with van der Waals surface area (Å²) in [4.78, 5) is 23.0. The first-order valence-electron chi connectivity index (χ1n) is 10.3. The largest absolute Gasteiger partial charge is 0.363 e. The summed E-state index contributed by atoms with van der Waals surface area (Å²) < 4.78 is 0. The normalized spacial score (nSPS) is 22.7. The van der Waals surface area contributed by atoms with Crippen molar-refractivity contribution in [1.29, 1.82) is 0 Å². The summed E-state index contributed by atoms with van der Waals surface area (Å²) in [7, 11) is 3.97. The van der Waals surface area contributed by atoms with Gasteiger partial charge in [0.15, 0.2) is 0 Å². The number of amides is 1. The molecule has 1 heterocycles. The fourth-order valence-corrected chi connectivity index (χ4v) is 3.95. The second-order valence-corrected chi connectivity index (χ2v) is 8.08. The molecular formula is C21H33N5O. The molecule has 1 saturated carbocycles. The highest BCUT2D eigenvalue weighted by atomic mass is 16.1. The number of hydrogen-bond acceptors (Lipinski definition) is 5. The molecule has 1 aromatic heterocycles. The summed E-state index contributed by atoms with van der Waals surface area (Å²) in [6, 6.07) is 2.33. The maximum absolute atomic E-state index is 12.2. The second-order valence-electron chi connectivity index (χ2n) is 8.08. The predicted octanol–water partition coefficient (Wildman–Crippen LogP) is 3.52. The Morgan fingerprint density at radius 1 is 1.22 bits per heavy atom. The average molecular weight is 372 g/mol. The van der Waals surface area contributed by atoms with Crippen LogP contribution in [0, 0.1) is 5.92 Å². The molecule has 1 fully saturated rings. The molecule has 6 nitrogen and oxygen atoms in total. The van der Waals surface area contributed by atoms with Crippen LogP contribution in [0.5, 0.6) is 0 Å². The van der Waals surface area contributed by atoms with Crippen molar-refractivity contribution in [3.05, 3.63) is 23.9 Å². The van der Waals surface area contributed by atoms with Crippen LogP contribution in [-0.2, 0) is 4.79 Å². The zero-order valence-electron chi connectivity index (χ0n) is 16.7. The van der Waals surface area contributed by atoms with Crippen LogP contribution in [-0.4, -0.2) is 42.6 Å². The maximum atomic E-state index is 12.2. The van der Waals surface area contributed by atoms with E-state index in [1.165, 1.54) is 18.4 Å². The molecule has 0 unspecified atom stereocenters. The smallest absolute Gasteiger partial charge is 0.224 e. The van der Waals surface area contributed by atoms with Gasteiger partial charge in [0.1, 0.15) is 5.82 Å². The van der Waals surface area contributed by atoms with Gasteiger partial charge in [-0.15, -0.1) is 0 Å². The van der Waals surface area contributed by atoms with E-state index in [1.807, 2.05) is 25.1 Å². The van der Waals surface area contributed by atoms with Gasteiger partial charge in [-0.3, -0.25) is 4.79 Å². The number of anilines is 2. The first-order chi connectivity index (χ1) is 13.1. The molecule has 0 bridgehead atoms. The lowest BCUT2D eigenvalue weighted by Crippen LogP contribution is -2.34. The van der Waals surface area contributed by atoms with Gasteiger partial charge in [-0.25, -0.2) is 4.98 Å². The zero-order valence-corrected chi connectivity index (χ0v) is 16.7. The van der Waals surface area contributed by atoms with Crippen LogP contribution in [0.4, 0.5) is 11.8 Å². The molecule has 2 aliphatic carbocycles.